The van der Waals surface area contributed by atoms with Crippen molar-refractivity contribution in [3.05, 3.63) is 28.2 Å². The van der Waals surface area contributed by atoms with Crippen molar-refractivity contribution in [3.8, 4) is 5.75 Å². The summed E-state index contributed by atoms with van der Waals surface area (Å²) >= 11 is 3.33. The molecule has 1 amide bonds. The number of carbonyl (C=O) groups is 2. The second-order valence-electron chi connectivity index (χ2n) is 3.56. The number of rotatable bonds is 5. The quantitative estimate of drug-likeness (QED) is 0.835. The molecule has 0 aliphatic heterocycles. The number of halogens is 1. The molecule has 0 atom stereocenters. The molecule has 0 aliphatic carbocycles. The van der Waals surface area contributed by atoms with E-state index in [1.165, 1.54) is 7.05 Å². The van der Waals surface area contributed by atoms with Gasteiger partial charge in [-0.2, -0.15) is 0 Å². The summed E-state index contributed by atoms with van der Waals surface area (Å²) in [5.74, 6) is -0.400. The van der Waals surface area contributed by atoms with Crippen LogP contribution < -0.4 is 10.1 Å². The van der Waals surface area contributed by atoms with Gasteiger partial charge in [0.25, 0.3) is 5.91 Å². The number of amides is 1. The SMILES string of the molecule is CNC(=O)COC(=O)COc1ccc(C)cc1Br. The highest BCUT2D eigenvalue weighted by Gasteiger charge is 2.08. The molecular formula is C12H14BrNO4. The van der Waals surface area contributed by atoms with E-state index in [9.17, 15) is 9.59 Å². The van der Waals surface area contributed by atoms with E-state index in [1.54, 1.807) is 6.07 Å². The lowest BCUT2D eigenvalue weighted by Gasteiger charge is -2.08. The van der Waals surface area contributed by atoms with Crippen LogP contribution in [0, 0.1) is 6.92 Å². The van der Waals surface area contributed by atoms with Crippen LogP contribution >= 0.6 is 15.9 Å². The van der Waals surface area contributed by atoms with Gasteiger partial charge in [-0.25, -0.2) is 4.79 Å². The molecule has 0 unspecified atom stereocenters. The number of nitrogens with one attached hydrogen (secondary N) is 1. The fraction of sp³-hybridized carbons (Fsp3) is 0.333. The fourth-order valence-corrected chi connectivity index (χ4v) is 1.73. The van der Waals surface area contributed by atoms with Crippen molar-refractivity contribution in [2.45, 2.75) is 6.92 Å². The van der Waals surface area contributed by atoms with Gasteiger partial charge in [-0.3, -0.25) is 4.79 Å². The summed E-state index contributed by atoms with van der Waals surface area (Å²) < 4.78 is 10.7. The molecule has 0 radical (unpaired) electrons. The van der Waals surface area contributed by atoms with E-state index >= 15 is 0 Å². The second-order valence-corrected chi connectivity index (χ2v) is 4.41. The van der Waals surface area contributed by atoms with Gasteiger partial charge in [-0.05, 0) is 40.5 Å². The van der Waals surface area contributed by atoms with Crippen LogP contribution in [-0.2, 0) is 14.3 Å². The summed E-state index contributed by atoms with van der Waals surface area (Å²) in [4.78, 5) is 22.1. The molecule has 98 valence electrons. The molecule has 0 saturated carbocycles. The summed E-state index contributed by atoms with van der Waals surface area (Å²) in [6.45, 7) is 1.42. The van der Waals surface area contributed by atoms with Crippen molar-refractivity contribution >= 4 is 27.8 Å². The molecule has 1 aromatic carbocycles. The predicted octanol–water partition coefficient (Wildman–Crippen LogP) is 1.43. The van der Waals surface area contributed by atoms with Crippen molar-refractivity contribution in [3.63, 3.8) is 0 Å². The number of ether oxygens (including phenoxy) is 2. The van der Waals surface area contributed by atoms with Gasteiger partial charge in [0.2, 0.25) is 0 Å². The van der Waals surface area contributed by atoms with E-state index < -0.39 is 5.97 Å². The molecule has 1 rings (SSSR count). The van der Waals surface area contributed by atoms with Crippen molar-refractivity contribution < 1.29 is 19.1 Å². The van der Waals surface area contributed by atoms with Crippen LogP contribution in [0.5, 0.6) is 5.75 Å². The summed E-state index contributed by atoms with van der Waals surface area (Å²) in [5, 5.41) is 2.34. The molecule has 0 spiro atoms. The first kappa shape index (κ1) is 14.5. The summed E-state index contributed by atoms with van der Waals surface area (Å²) in [5.41, 5.74) is 1.08. The van der Waals surface area contributed by atoms with Gasteiger partial charge >= 0.3 is 5.97 Å². The third kappa shape index (κ3) is 4.75. The monoisotopic (exact) mass is 315 g/mol. The molecule has 18 heavy (non-hydrogen) atoms. The third-order valence-corrected chi connectivity index (χ3v) is 2.70. The van der Waals surface area contributed by atoms with Crippen LogP contribution in [0.4, 0.5) is 0 Å². The van der Waals surface area contributed by atoms with Crippen LogP contribution in [-0.4, -0.2) is 32.1 Å². The number of likely N-dealkylation sites (N-methyl/N-ethyl adjacent to an activating group) is 1. The van der Waals surface area contributed by atoms with Crippen LogP contribution in [0.25, 0.3) is 0 Å². The van der Waals surface area contributed by atoms with Crippen LogP contribution in [0.2, 0.25) is 0 Å². The van der Waals surface area contributed by atoms with Gasteiger partial charge in [0, 0.05) is 7.05 Å². The van der Waals surface area contributed by atoms with E-state index in [2.05, 4.69) is 26.0 Å². The Morgan fingerprint density at radius 3 is 2.67 bits per heavy atom. The van der Waals surface area contributed by atoms with E-state index in [0.29, 0.717) is 5.75 Å². The van der Waals surface area contributed by atoms with Crippen molar-refractivity contribution in [2.75, 3.05) is 20.3 Å². The van der Waals surface area contributed by atoms with Gasteiger partial charge < -0.3 is 14.8 Å². The maximum atomic E-state index is 11.3. The van der Waals surface area contributed by atoms with Crippen LogP contribution in [0.3, 0.4) is 0 Å². The van der Waals surface area contributed by atoms with Gasteiger partial charge in [0.05, 0.1) is 4.47 Å². The Balaban J connectivity index is 2.40. The van der Waals surface area contributed by atoms with Crippen molar-refractivity contribution in [1.29, 1.82) is 0 Å². The first-order chi connectivity index (χ1) is 8.52. The lowest BCUT2D eigenvalue weighted by molar-refractivity contribution is -0.150. The first-order valence-electron chi connectivity index (χ1n) is 5.28. The van der Waals surface area contributed by atoms with E-state index in [4.69, 9.17) is 4.74 Å². The minimum absolute atomic E-state index is 0.237. The standard InChI is InChI=1S/C12H14BrNO4/c1-8-3-4-10(9(13)5-8)17-7-12(16)18-6-11(15)14-2/h3-5H,6-7H2,1-2H3,(H,14,15). The Labute approximate surface area is 114 Å². The predicted molar refractivity (Wildman–Crippen MR) is 69.4 cm³/mol. The van der Waals surface area contributed by atoms with E-state index in [-0.39, 0.29) is 19.1 Å². The number of carbonyl (C=O) groups excluding carboxylic acids is 2. The zero-order valence-corrected chi connectivity index (χ0v) is 11.7. The molecule has 0 fully saturated rings. The fourth-order valence-electron chi connectivity index (χ4n) is 1.12. The normalized spacial score (nSPS) is 9.72. The lowest BCUT2D eigenvalue weighted by Crippen LogP contribution is -2.26. The molecule has 0 aromatic heterocycles. The minimum Gasteiger partial charge on any atom is -0.481 e. The average molecular weight is 316 g/mol. The van der Waals surface area contributed by atoms with Crippen LogP contribution in [0.15, 0.2) is 22.7 Å². The summed E-state index contributed by atoms with van der Waals surface area (Å²) in [7, 11) is 1.47. The highest BCUT2D eigenvalue weighted by Crippen LogP contribution is 2.25. The van der Waals surface area contributed by atoms with Crippen molar-refractivity contribution in [1.82, 2.24) is 5.32 Å². The smallest absolute Gasteiger partial charge is 0.344 e. The Bertz CT molecular complexity index is 448. The van der Waals surface area contributed by atoms with E-state index in [1.807, 2.05) is 19.1 Å². The molecule has 0 aliphatic rings. The van der Waals surface area contributed by atoms with E-state index in [0.717, 1.165) is 10.0 Å². The van der Waals surface area contributed by atoms with Crippen molar-refractivity contribution in [2.24, 2.45) is 0 Å². The largest absolute Gasteiger partial charge is 0.481 e. The highest BCUT2D eigenvalue weighted by molar-refractivity contribution is 9.10. The molecule has 1 N–H and O–H groups in total. The maximum absolute atomic E-state index is 11.3. The molecule has 6 heteroatoms. The third-order valence-electron chi connectivity index (χ3n) is 2.08. The Morgan fingerprint density at radius 2 is 2.06 bits per heavy atom. The summed E-state index contributed by atoms with van der Waals surface area (Å²) in [6, 6.07) is 5.51. The topological polar surface area (TPSA) is 64.6 Å². The highest BCUT2D eigenvalue weighted by atomic mass is 79.9. The van der Waals surface area contributed by atoms with Gasteiger partial charge in [0.15, 0.2) is 13.2 Å². The van der Waals surface area contributed by atoms with Gasteiger partial charge in [-0.15, -0.1) is 0 Å². The number of hydrogen-bond donors (Lipinski definition) is 1. The molecule has 0 bridgehead atoms. The number of benzene rings is 1. The lowest BCUT2D eigenvalue weighted by atomic mass is 10.2. The Kier molecular flexibility index (Phi) is 5.64. The van der Waals surface area contributed by atoms with Gasteiger partial charge in [-0.1, -0.05) is 6.07 Å². The Hall–Kier alpha value is -1.56. The second kappa shape index (κ2) is 7.00. The average Bonchev–Trinajstić information content (AvgIpc) is 2.34. The molecule has 1 aromatic rings. The molecular weight excluding hydrogens is 302 g/mol. The first-order valence-corrected chi connectivity index (χ1v) is 6.07. The number of hydrogen-bond acceptors (Lipinski definition) is 4. The number of esters is 1. The minimum atomic E-state index is -0.592. The maximum Gasteiger partial charge on any atom is 0.344 e. The number of aryl methyl sites for hydroxylation is 1. The Morgan fingerprint density at radius 1 is 1.33 bits per heavy atom. The van der Waals surface area contributed by atoms with Gasteiger partial charge in [0.1, 0.15) is 5.75 Å². The zero-order valence-electron chi connectivity index (χ0n) is 10.2. The van der Waals surface area contributed by atoms with Crippen LogP contribution in [0.1, 0.15) is 5.56 Å². The molecule has 0 heterocycles. The molecule has 5 nitrogen and oxygen atoms in total. The summed E-state index contributed by atoms with van der Waals surface area (Å²) in [6.07, 6.45) is 0. The zero-order chi connectivity index (χ0) is 13.5. The molecule has 0 saturated heterocycles.